The average Bonchev–Trinajstić information content (AvgIpc) is 2.90. The van der Waals surface area contributed by atoms with E-state index < -0.39 is 0 Å². The van der Waals surface area contributed by atoms with Crippen LogP contribution < -0.4 is 15.2 Å². The second-order valence-electron chi connectivity index (χ2n) is 4.12. The van der Waals surface area contributed by atoms with Gasteiger partial charge in [-0.05, 0) is 6.07 Å². The minimum atomic E-state index is -0.216. The number of ether oxygens (including phenoxy) is 4. The molecule has 0 spiro atoms. The summed E-state index contributed by atoms with van der Waals surface area (Å²) in [6.07, 6.45) is 0.398. The average molecular weight is 253 g/mol. The van der Waals surface area contributed by atoms with Gasteiger partial charge < -0.3 is 24.7 Å². The number of nitrogens with two attached hydrogens (primary N) is 1. The number of methoxy groups -OCH3 is 2. The molecule has 0 radical (unpaired) electrons. The first-order chi connectivity index (χ1) is 8.74. The van der Waals surface area contributed by atoms with Crippen LogP contribution in [0.4, 0.5) is 0 Å². The first-order valence-electron chi connectivity index (χ1n) is 5.95. The van der Waals surface area contributed by atoms with Gasteiger partial charge in [0.25, 0.3) is 0 Å². The summed E-state index contributed by atoms with van der Waals surface area (Å²) in [6, 6.07) is 5.42. The van der Waals surface area contributed by atoms with E-state index in [2.05, 4.69) is 0 Å². The Morgan fingerprint density at radius 1 is 1.28 bits per heavy atom. The summed E-state index contributed by atoms with van der Waals surface area (Å²) in [5.41, 5.74) is 7.09. The molecule has 5 nitrogen and oxygen atoms in total. The van der Waals surface area contributed by atoms with Gasteiger partial charge in [0.05, 0.1) is 27.4 Å². The Morgan fingerprint density at radius 2 is 2.00 bits per heavy atom. The van der Waals surface area contributed by atoms with Gasteiger partial charge in [0.1, 0.15) is 11.5 Å². The zero-order valence-corrected chi connectivity index (χ0v) is 10.7. The van der Waals surface area contributed by atoms with Crippen LogP contribution in [0.3, 0.4) is 0 Å². The molecule has 18 heavy (non-hydrogen) atoms. The predicted octanol–water partition coefficient (Wildman–Crippen LogP) is 1.47. The molecule has 5 heteroatoms. The van der Waals surface area contributed by atoms with Crippen molar-refractivity contribution in [1.29, 1.82) is 0 Å². The van der Waals surface area contributed by atoms with Crippen LogP contribution in [-0.4, -0.2) is 33.7 Å². The zero-order chi connectivity index (χ0) is 13.0. The van der Waals surface area contributed by atoms with Crippen molar-refractivity contribution in [3.8, 4) is 11.5 Å². The van der Waals surface area contributed by atoms with Gasteiger partial charge in [0.2, 0.25) is 0 Å². The lowest BCUT2D eigenvalue weighted by molar-refractivity contribution is -0.0508. The van der Waals surface area contributed by atoms with Crippen LogP contribution in [0.2, 0.25) is 0 Å². The fourth-order valence-corrected chi connectivity index (χ4v) is 2.00. The fourth-order valence-electron chi connectivity index (χ4n) is 2.00. The van der Waals surface area contributed by atoms with Crippen LogP contribution in [0.1, 0.15) is 18.0 Å². The Balaban J connectivity index is 2.10. The molecule has 0 saturated carbocycles. The number of benzene rings is 1. The van der Waals surface area contributed by atoms with Gasteiger partial charge in [-0.3, -0.25) is 0 Å². The van der Waals surface area contributed by atoms with E-state index in [4.69, 9.17) is 24.7 Å². The molecule has 2 rings (SSSR count). The summed E-state index contributed by atoms with van der Waals surface area (Å²) in [5.74, 6) is 1.47. The molecule has 1 aliphatic rings. The Labute approximate surface area is 107 Å². The fraction of sp³-hybridized carbons (Fsp3) is 0.538. The van der Waals surface area contributed by atoms with Crippen molar-refractivity contribution >= 4 is 0 Å². The van der Waals surface area contributed by atoms with Crippen molar-refractivity contribution < 1.29 is 18.9 Å². The van der Waals surface area contributed by atoms with Crippen LogP contribution in [0.25, 0.3) is 0 Å². The van der Waals surface area contributed by atoms with Gasteiger partial charge in [0.15, 0.2) is 6.29 Å². The smallest absolute Gasteiger partial charge is 0.159 e. The van der Waals surface area contributed by atoms with Crippen LogP contribution in [0, 0.1) is 0 Å². The van der Waals surface area contributed by atoms with Crippen molar-refractivity contribution in [2.45, 2.75) is 18.8 Å². The molecule has 1 unspecified atom stereocenters. The van der Waals surface area contributed by atoms with E-state index in [1.54, 1.807) is 14.2 Å². The summed E-state index contributed by atoms with van der Waals surface area (Å²) < 4.78 is 21.3. The zero-order valence-electron chi connectivity index (χ0n) is 10.7. The van der Waals surface area contributed by atoms with E-state index in [1.165, 1.54) is 0 Å². The third-order valence-electron chi connectivity index (χ3n) is 2.98. The van der Waals surface area contributed by atoms with Crippen LogP contribution >= 0.6 is 0 Å². The second kappa shape index (κ2) is 6.04. The summed E-state index contributed by atoms with van der Waals surface area (Å²) in [6.45, 7) is 1.27. The summed E-state index contributed by atoms with van der Waals surface area (Å²) in [4.78, 5) is 0. The molecule has 0 bridgehead atoms. The van der Waals surface area contributed by atoms with Gasteiger partial charge in [-0.2, -0.15) is 0 Å². The first kappa shape index (κ1) is 13.1. The van der Waals surface area contributed by atoms with Crippen molar-refractivity contribution in [1.82, 2.24) is 0 Å². The van der Waals surface area contributed by atoms with Gasteiger partial charge >= 0.3 is 0 Å². The first-order valence-corrected chi connectivity index (χ1v) is 5.95. The molecule has 1 aromatic rings. The second-order valence-corrected chi connectivity index (χ2v) is 4.12. The summed E-state index contributed by atoms with van der Waals surface area (Å²) in [5, 5.41) is 0. The van der Waals surface area contributed by atoms with Crippen molar-refractivity contribution in [2.75, 3.05) is 27.4 Å². The molecular formula is C13H19NO4. The third-order valence-corrected chi connectivity index (χ3v) is 2.98. The maximum absolute atomic E-state index is 6.16. The van der Waals surface area contributed by atoms with E-state index >= 15 is 0 Å². The van der Waals surface area contributed by atoms with Gasteiger partial charge in [-0.1, -0.05) is 6.07 Å². The molecule has 2 N–H and O–H groups in total. The highest BCUT2D eigenvalue weighted by Crippen LogP contribution is 2.31. The lowest BCUT2D eigenvalue weighted by Crippen LogP contribution is -2.20. The molecule has 1 saturated heterocycles. The molecule has 1 aromatic carbocycles. The van der Waals surface area contributed by atoms with Crippen molar-refractivity contribution in [3.05, 3.63) is 23.8 Å². The lowest BCUT2D eigenvalue weighted by Gasteiger charge is -2.19. The lowest BCUT2D eigenvalue weighted by atomic mass is 10.0. The van der Waals surface area contributed by atoms with Crippen molar-refractivity contribution in [2.24, 2.45) is 5.73 Å². The standard InChI is InChI=1S/C13H19NO4/c1-15-9-3-4-10(12(7-9)16-2)11(14)8-13-17-5-6-18-13/h3-4,7,11,13H,5-6,8,14H2,1-2H3. The van der Waals surface area contributed by atoms with Gasteiger partial charge in [-0.25, -0.2) is 0 Å². The molecule has 0 aromatic heterocycles. The van der Waals surface area contributed by atoms with Gasteiger partial charge in [0, 0.05) is 24.1 Å². The maximum atomic E-state index is 6.16. The molecule has 1 atom stereocenters. The molecule has 0 amide bonds. The summed E-state index contributed by atoms with van der Waals surface area (Å²) in [7, 11) is 3.24. The third kappa shape index (κ3) is 2.93. The van der Waals surface area contributed by atoms with Gasteiger partial charge in [-0.15, -0.1) is 0 Å². The molecule has 100 valence electrons. The predicted molar refractivity (Wildman–Crippen MR) is 66.8 cm³/mol. The molecule has 0 aliphatic carbocycles. The number of hydrogen-bond donors (Lipinski definition) is 1. The topological polar surface area (TPSA) is 62.9 Å². The highest BCUT2D eigenvalue weighted by Gasteiger charge is 2.22. The molecule has 1 fully saturated rings. The minimum absolute atomic E-state index is 0.186. The number of hydrogen-bond acceptors (Lipinski definition) is 5. The van der Waals surface area contributed by atoms with E-state index in [9.17, 15) is 0 Å². The molecular weight excluding hydrogens is 234 g/mol. The van der Waals surface area contributed by atoms with E-state index in [-0.39, 0.29) is 12.3 Å². The Bertz CT molecular complexity index is 391. The molecule has 1 aliphatic heterocycles. The normalized spacial score (nSPS) is 17.7. The quantitative estimate of drug-likeness (QED) is 0.861. The Kier molecular flexibility index (Phi) is 4.41. The van der Waals surface area contributed by atoms with Crippen LogP contribution in [0.5, 0.6) is 11.5 Å². The van der Waals surface area contributed by atoms with E-state index in [0.717, 1.165) is 17.1 Å². The largest absolute Gasteiger partial charge is 0.497 e. The van der Waals surface area contributed by atoms with Crippen LogP contribution in [0.15, 0.2) is 18.2 Å². The molecule has 1 heterocycles. The monoisotopic (exact) mass is 253 g/mol. The Morgan fingerprint density at radius 3 is 2.61 bits per heavy atom. The van der Waals surface area contributed by atoms with E-state index in [1.807, 2.05) is 18.2 Å². The number of rotatable bonds is 5. The highest BCUT2D eigenvalue weighted by molar-refractivity contribution is 5.42. The minimum Gasteiger partial charge on any atom is -0.497 e. The maximum Gasteiger partial charge on any atom is 0.159 e. The highest BCUT2D eigenvalue weighted by atomic mass is 16.7. The van der Waals surface area contributed by atoms with Crippen LogP contribution in [-0.2, 0) is 9.47 Å². The summed E-state index contributed by atoms with van der Waals surface area (Å²) >= 11 is 0. The van der Waals surface area contributed by atoms with E-state index in [0.29, 0.717) is 19.6 Å². The van der Waals surface area contributed by atoms with Crippen molar-refractivity contribution in [3.63, 3.8) is 0 Å². The SMILES string of the molecule is COc1ccc(C(N)CC2OCCO2)c(OC)c1. The Hall–Kier alpha value is -1.30.